The molecule has 0 amide bonds. The maximum absolute atomic E-state index is 5.65. The standard InChI is InChI=1S/C15H21N3O2/c1-19-13-8-11-12(9-14(13)20-2)18(7-3-6-16)15(17-11)10-4-5-10/h8-10H,3-7,16H2,1-2H3. The largest absolute Gasteiger partial charge is 0.493 e. The molecule has 0 radical (unpaired) electrons. The lowest BCUT2D eigenvalue weighted by molar-refractivity contribution is 0.355. The molecule has 0 saturated heterocycles. The van der Waals surface area contributed by atoms with Gasteiger partial charge in [0.1, 0.15) is 5.82 Å². The molecule has 2 aromatic rings. The van der Waals surface area contributed by atoms with Gasteiger partial charge in [-0.15, -0.1) is 0 Å². The molecule has 5 nitrogen and oxygen atoms in total. The molecule has 2 N–H and O–H groups in total. The van der Waals surface area contributed by atoms with E-state index in [1.165, 1.54) is 18.7 Å². The number of hydrogen-bond acceptors (Lipinski definition) is 4. The van der Waals surface area contributed by atoms with E-state index >= 15 is 0 Å². The van der Waals surface area contributed by atoms with Gasteiger partial charge < -0.3 is 19.8 Å². The SMILES string of the molecule is COc1cc2nc(C3CC3)n(CCCN)c2cc1OC. The van der Waals surface area contributed by atoms with Crippen LogP contribution in [0.25, 0.3) is 11.0 Å². The molecule has 1 aromatic carbocycles. The molecule has 0 unspecified atom stereocenters. The fourth-order valence-corrected chi connectivity index (χ4v) is 2.61. The zero-order valence-corrected chi connectivity index (χ0v) is 12.1. The van der Waals surface area contributed by atoms with Crippen LogP contribution in [-0.4, -0.2) is 30.3 Å². The molecule has 1 aromatic heterocycles. The minimum atomic E-state index is 0.608. The summed E-state index contributed by atoms with van der Waals surface area (Å²) in [5, 5.41) is 0. The van der Waals surface area contributed by atoms with Gasteiger partial charge in [-0.1, -0.05) is 0 Å². The first-order valence-electron chi connectivity index (χ1n) is 7.10. The number of methoxy groups -OCH3 is 2. The van der Waals surface area contributed by atoms with Crippen LogP contribution in [0.3, 0.4) is 0 Å². The Hall–Kier alpha value is -1.75. The van der Waals surface area contributed by atoms with Crippen LogP contribution in [0.5, 0.6) is 11.5 Å². The number of nitrogens with two attached hydrogens (primary N) is 1. The minimum Gasteiger partial charge on any atom is -0.493 e. The average molecular weight is 275 g/mol. The van der Waals surface area contributed by atoms with Gasteiger partial charge in [0.15, 0.2) is 11.5 Å². The molecular formula is C15H21N3O2. The molecule has 108 valence electrons. The summed E-state index contributed by atoms with van der Waals surface area (Å²) < 4.78 is 13.0. The van der Waals surface area contributed by atoms with E-state index in [0.29, 0.717) is 12.5 Å². The number of imidazole rings is 1. The second-order valence-electron chi connectivity index (χ2n) is 5.23. The first-order valence-corrected chi connectivity index (χ1v) is 7.10. The highest BCUT2D eigenvalue weighted by molar-refractivity contribution is 5.81. The van der Waals surface area contributed by atoms with E-state index < -0.39 is 0 Å². The van der Waals surface area contributed by atoms with Crippen LogP contribution < -0.4 is 15.2 Å². The zero-order valence-electron chi connectivity index (χ0n) is 12.1. The summed E-state index contributed by atoms with van der Waals surface area (Å²) in [6.07, 6.45) is 3.43. The zero-order chi connectivity index (χ0) is 14.1. The monoisotopic (exact) mass is 275 g/mol. The van der Waals surface area contributed by atoms with Crippen LogP contribution in [0.4, 0.5) is 0 Å². The van der Waals surface area contributed by atoms with E-state index in [1.807, 2.05) is 12.1 Å². The Morgan fingerprint density at radius 1 is 1.25 bits per heavy atom. The minimum absolute atomic E-state index is 0.608. The lowest BCUT2D eigenvalue weighted by Gasteiger charge is -2.10. The van der Waals surface area contributed by atoms with Gasteiger partial charge in [-0.3, -0.25) is 0 Å². The van der Waals surface area contributed by atoms with E-state index in [1.54, 1.807) is 14.2 Å². The van der Waals surface area contributed by atoms with Gasteiger partial charge in [-0.2, -0.15) is 0 Å². The Balaban J connectivity index is 2.13. The first-order chi connectivity index (χ1) is 9.78. The summed E-state index contributed by atoms with van der Waals surface area (Å²) in [5.41, 5.74) is 7.74. The van der Waals surface area contributed by atoms with E-state index in [9.17, 15) is 0 Å². The highest BCUT2D eigenvalue weighted by Gasteiger charge is 2.29. The molecule has 0 aliphatic heterocycles. The highest BCUT2D eigenvalue weighted by Crippen LogP contribution is 2.42. The van der Waals surface area contributed by atoms with Crippen molar-refractivity contribution in [1.29, 1.82) is 0 Å². The maximum Gasteiger partial charge on any atom is 0.163 e. The molecule has 0 bridgehead atoms. The molecule has 0 spiro atoms. The summed E-state index contributed by atoms with van der Waals surface area (Å²) in [7, 11) is 3.31. The van der Waals surface area contributed by atoms with Gasteiger partial charge >= 0.3 is 0 Å². The van der Waals surface area contributed by atoms with Crippen molar-refractivity contribution in [2.45, 2.75) is 31.7 Å². The predicted octanol–water partition coefficient (Wildman–Crippen LogP) is 2.28. The molecule has 1 saturated carbocycles. The fourth-order valence-electron chi connectivity index (χ4n) is 2.61. The molecule has 5 heteroatoms. The van der Waals surface area contributed by atoms with Gasteiger partial charge in [0, 0.05) is 24.6 Å². The summed E-state index contributed by atoms with van der Waals surface area (Å²) in [6.45, 7) is 1.60. The van der Waals surface area contributed by atoms with Crippen molar-refractivity contribution in [3.05, 3.63) is 18.0 Å². The van der Waals surface area contributed by atoms with Crippen molar-refractivity contribution in [3.63, 3.8) is 0 Å². The predicted molar refractivity (Wildman–Crippen MR) is 78.5 cm³/mol. The van der Waals surface area contributed by atoms with Crippen LogP contribution in [0, 0.1) is 0 Å². The Morgan fingerprint density at radius 3 is 2.55 bits per heavy atom. The molecule has 3 rings (SSSR count). The molecule has 20 heavy (non-hydrogen) atoms. The first kappa shape index (κ1) is 13.2. The van der Waals surface area contributed by atoms with Crippen LogP contribution in [0.2, 0.25) is 0 Å². The third-order valence-corrected chi connectivity index (χ3v) is 3.81. The summed E-state index contributed by atoms with van der Waals surface area (Å²) >= 11 is 0. The lowest BCUT2D eigenvalue weighted by atomic mass is 10.2. The summed E-state index contributed by atoms with van der Waals surface area (Å²) in [4.78, 5) is 4.80. The Labute approximate surface area is 118 Å². The quantitative estimate of drug-likeness (QED) is 0.878. The van der Waals surface area contributed by atoms with Gasteiger partial charge in [-0.25, -0.2) is 4.98 Å². The third kappa shape index (κ3) is 2.22. The number of nitrogens with zero attached hydrogens (tertiary/aromatic N) is 2. The van der Waals surface area contributed by atoms with Crippen LogP contribution >= 0.6 is 0 Å². The number of benzene rings is 1. The lowest BCUT2D eigenvalue weighted by Crippen LogP contribution is -2.08. The van der Waals surface area contributed by atoms with Crippen molar-refractivity contribution in [1.82, 2.24) is 9.55 Å². The van der Waals surface area contributed by atoms with Gasteiger partial charge in [0.05, 0.1) is 25.3 Å². The Kier molecular flexibility index (Phi) is 3.53. The van der Waals surface area contributed by atoms with Gasteiger partial charge in [0.25, 0.3) is 0 Å². The molecule has 0 atom stereocenters. The second kappa shape index (κ2) is 5.32. The van der Waals surface area contributed by atoms with Crippen molar-refractivity contribution < 1.29 is 9.47 Å². The van der Waals surface area contributed by atoms with Crippen LogP contribution in [0.15, 0.2) is 12.1 Å². The van der Waals surface area contributed by atoms with E-state index in [-0.39, 0.29) is 0 Å². The van der Waals surface area contributed by atoms with Crippen molar-refractivity contribution >= 4 is 11.0 Å². The Bertz CT molecular complexity index is 617. The van der Waals surface area contributed by atoms with Gasteiger partial charge in [0.2, 0.25) is 0 Å². The number of fused-ring (bicyclic) bond motifs is 1. The van der Waals surface area contributed by atoms with E-state index in [0.717, 1.165) is 35.5 Å². The second-order valence-corrected chi connectivity index (χ2v) is 5.23. The average Bonchev–Trinajstić information content (AvgIpc) is 3.26. The van der Waals surface area contributed by atoms with E-state index in [2.05, 4.69) is 4.57 Å². The van der Waals surface area contributed by atoms with Crippen LogP contribution in [0.1, 0.15) is 31.0 Å². The molecule has 1 heterocycles. The fraction of sp³-hybridized carbons (Fsp3) is 0.533. The highest BCUT2D eigenvalue weighted by atomic mass is 16.5. The van der Waals surface area contributed by atoms with E-state index in [4.69, 9.17) is 20.2 Å². The number of ether oxygens (including phenoxy) is 2. The number of aromatic nitrogens is 2. The molecule has 1 aliphatic rings. The van der Waals surface area contributed by atoms with Crippen molar-refractivity contribution in [2.75, 3.05) is 20.8 Å². The molecular weight excluding hydrogens is 254 g/mol. The van der Waals surface area contributed by atoms with Gasteiger partial charge in [-0.05, 0) is 25.8 Å². The van der Waals surface area contributed by atoms with Crippen LogP contribution in [-0.2, 0) is 6.54 Å². The maximum atomic E-state index is 5.65. The third-order valence-electron chi connectivity index (χ3n) is 3.81. The normalized spacial score (nSPS) is 14.8. The number of rotatable bonds is 6. The van der Waals surface area contributed by atoms with Crippen molar-refractivity contribution in [3.8, 4) is 11.5 Å². The number of aryl methyl sites for hydroxylation is 1. The Morgan fingerprint density at radius 2 is 1.95 bits per heavy atom. The molecule has 1 fully saturated rings. The van der Waals surface area contributed by atoms with Crippen molar-refractivity contribution in [2.24, 2.45) is 5.73 Å². The topological polar surface area (TPSA) is 62.3 Å². The number of hydrogen-bond donors (Lipinski definition) is 1. The summed E-state index contributed by atoms with van der Waals surface area (Å²) in [6, 6.07) is 3.97. The molecule has 1 aliphatic carbocycles. The smallest absolute Gasteiger partial charge is 0.163 e. The summed E-state index contributed by atoms with van der Waals surface area (Å²) in [5.74, 6) is 3.27.